The predicted octanol–water partition coefficient (Wildman–Crippen LogP) is 5.85. The van der Waals surface area contributed by atoms with E-state index in [0.29, 0.717) is 17.2 Å². The molecule has 0 bridgehead atoms. The summed E-state index contributed by atoms with van der Waals surface area (Å²) in [5.41, 5.74) is -0.0139. The van der Waals surface area contributed by atoms with Gasteiger partial charge in [-0.1, -0.05) is 25.7 Å². The van der Waals surface area contributed by atoms with Crippen molar-refractivity contribution >= 4 is 41.0 Å². The van der Waals surface area contributed by atoms with Crippen molar-refractivity contribution in [1.82, 2.24) is 4.90 Å². The van der Waals surface area contributed by atoms with Gasteiger partial charge >= 0.3 is 12.1 Å². The van der Waals surface area contributed by atoms with Crippen LogP contribution >= 0.6 is 11.3 Å². The van der Waals surface area contributed by atoms with Crippen LogP contribution in [0.15, 0.2) is 6.07 Å². The van der Waals surface area contributed by atoms with E-state index in [0.717, 1.165) is 37.0 Å². The summed E-state index contributed by atoms with van der Waals surface area (Å²) in [6.07, 6.45) is 2.28. The van der Waals surface area contributed by atoms with Gasteiger partial charge in [0.2, 0.25) is 18.6 Å². The van der Waals surface area contributed by atoms with E-state index >= 15 is 0 Å². The number of hydrogen-bond donors (Lipinski definition) is 0. The zero-order valence-electron chi connectivity index (χ0n) is 25.3. The van der Waals surface area contributed by atoms with Crippen LogP contribution in [-0.2, 0) is 23.8 Å². The van der Waals surface area contributed by atoms with E-state index in [9.17, 15) is 19.2 Å². The Kier molecular flexibility index (Phi) is 12.0. The first kappa shape index (κ1) is 33.1. The average molecular weight is 577 g/mol. The Morgan fingerprint density at radius 1 is 1.07 bits per heavy atom. The minimum absolute atomic E-state index is 0.113. The van der Waals surface area contributed by atoms with Gasteiger partial charge in [0.25, 0.3) is 0 Å². The van der Waals surface area contributed by atoms with Crippen molar-refractivity contribution in [3.05, 3.63) is 15.8 Å². The van der Waals surface area contributed by atoms with E-state index in [-0.39, 0.29) is 33.7 Å². The lowest BCUT2D eigenvalue weighted by Crippen LogP contribution is -2.51. The molecule has 0 radical (unpaired) electrons. The predicted molar refractivity (Wildman–Crippen MR) is 155 cm³/mol. The highest BCUT2D eigenvalue weighted by atomic mass is 32.1. The lowest BCUT2D eigenvalue weighted by atomic mass is 9.82. The van der Waals surface area contributed by atoms with Gasteiger partial charge in [-0.2, -0.15) is 0 Å². The van der Waals surface area contributed by atoms with Gasteiger partial charge in [0.05, 0.1) is 16.7 Å². The molecule has 1 aromatic heterocycles. The number of rotatable bonds is 9. The second-order valence-electron chi connectivity index (χ2n) is 11.8. The van der Waals surface area contributed by atoms with Crippen molar-refractivity contribution in [1.29, 1.82) is 0 Å². The fraction of sp³-hybridized carbons (Fsp3) is 0.667. The molecule has 40 heavy (non-hydrogen) atoms. The molecule has 0 aromatic carbocycles. The van der Waals surface area contributed by atoms with Gasteiger partial charge in [-0.05, 0) is 78.7 Å². The maximum atomic E-state index is 14.1. The highest BCUT2D eigenvalue weighted by Crippen LogP contribution is 2.37. The highest BCUT2D eigenvalue weighted by molar-refractivity contribution is 7.15. The number of carbonyl (C=O) groups is 4. The largest absolute Gasteiger partial charge is 0.511 e. The molecule has 1 atom stereocenters. The number of esters is 1. The molecule has 9 nitrogen and oxygen atoms in total. The Balaban J connectivity index is 2.56. The Labute approximate surface area is 242 Å². The third-order valence-corrected chi connectivity index (χ3v) is 7.46. The first-order valence-corrected chi connectivity index (χ1v) is 14.7. The molecule has 1 fully saturated rings. The quantitative estimate of drug-likeness (QED) is 0.206. The normalized spacial score (nSPS) is 17.8. The van der Waals surface area contributed by atoms with Crippen molar-refractivity contribution in [2.24, 2.45) is 17.3 Å². The number of carbonyl (C=O) groups excluding carboxylic acids is 4. The van der Waals surface area contributed by atoms with Crippen LogP contribution < -0.4 is 4.90 Å². The minimum Gasteiger partial charge on any atom is -0.431 e. The van der Waals surface area contributed by atoms with Crippen LogP contribution in [0.2, 0.25) is 0 Å². The lowest BCUT2D eigenvalue weighted by molar-refractivity contribution is -0.133. The summed E-state index contributed by atoms with van der Waals surface area (Å²) in [7, 11) is 3.29. The molecule has 2 amide bonds. The monoisotopic (exact) mass is 576 g/mol. The summed E-state index contributed by atoms with van der Waals surface area (Å²) in [5.74, 6) is 5.32. The van der Waals surface area contributed by atoms with Gasteiger partial charge in [-0.15, -0.1) is 11.3 Å². The average Bonchev–Trinajstić information content (AvgIpc) is 3.28. The molecule has 1 aliphatic rings. The Hall–Kier alpha value is -3.06. The van der Waals surface area contributed by atoms with E-state index in [1.165, 1.54) is 9.80 Å². The van der Waals surface area contributed by atoms with Gasteiger partial charge in [-0.3, -0.25) is 14.5 Å². The fourth-order valence-corrected chi connectivity index (χ4v) is 5.25. The molecule has 0 aliphatic heterocycles. The molecule has 222 valence electrons. The number of anilines is 1. The summed E-state index contributed by atoms with van der Waals surface area (Å²) in [6, 6.07) is 0.867. The van der Waals surface area contributed by atoms with E-state index in [1.54, 1.807) is 34.0 Å². The summed E-state index contributed by atoms with van der Waals surface area (Å²) in [4.78, 5) is 56.1. The lowest BCUT2D eigenvalue weighted by Gasteiger charge is -2.36. The van der Waals surface area contributed by atoms with Gasteiger partial charge in [0, 0.05) is 25.4 Å². The smallest absolute Gasteiger partial charge is 0.431 e. The molecule has 0 spiro atoms. The molecule has 0 N–H and O–H groups in total. The van der Waals surface area contributed by atoms with E-state index in [1.807, 2.05) is 27.7 Å². The summed E-state index contributed by atoms with van der Waals surface area (Å²) in [5, 5.41) is 0. The molecule has 1 unspecified atom stereocenters. The van der Waals surface area contributed by atoms with Gasteiger partial charge < -0.3 is 19.1 Å². The zero-order chi connectivity index (χ0) is 30.2. The molecule has 1 aromatic rings. The second kappa shape index (κ2) is 14.5. The van der Waals surface area contributed by atoms with E-state index in [4.69, 9.17) is 14.2 Å². The number of hydrogen-bond acceptors (Lipinski definition) is 8. The van der Waals surface area contributed by atoms with Crippen molar-refractivity contribution in [2.75, 3.05) is 25.8 Å². The summed E-state index contributed by atoms with van der Waals surface area (Å²) in [6.45, 7) is 12.6. The Morgan fingerprint density at radius 2 is 1.70 bits per heavy atom. The highest BCUT2D eigenvalue weighted by Gasteiger charge is 2.39. The summed E-state index contributed by atoms with van der Waals surface area (Å²) < 4.78 is 15.0. The van der Waals surface area contributed by atoms with E-state index < -0.39 is 31.1 Å². The van der Waals surface area contributed by atoms with Gasteiger partial charge in [0.15, 0.2) is 0 Å². The Bertz CT molecular complexity index is 1120. The number of thiophene rings is 1. The standard InChI is InChI=1S/C30H44N2O7S/c1-10-23(27(34)31(8)9)32(26(33)21-13-11-20(4)12-14-21)24-17-22(15-16-30(5,6)7)40-25(24)28(35)37-18-38-29(36)39-19(2)3/h17,19-21,23H,10-14,18H2,1-9H3. The fourth-order valence-electron chi connectivity index (χ4n) is 4.35. The van der Waals surface area contributed by atoms with Crippen molar-refractivity contribution in [3.8, 4) is 11.8 Å². The van der Waals surface area contributed by atoms with Crippen LogP contribution in [0.25, 0.3) is 0 Å². The molecule has 1 heterocycles. The maximum Gasteiger partial charge on any atom is 0.511 e. The summed E-state index contributed by atoms with van der Waals surface area (Å²) >= 11 is 1.08. The first-order valence-electron chi connectivity index (χ1n) is 13.9. The SMILES string of the molecule is CCC(C(=O)N(C)C)N(C(=O)C1CCC(C)CC1)c1cc(C#CC(C)(C)C)sc1C(=O)OCOC(=O)OC(C)C. The number of amides is 2. The first-order chi connectivity index (χ1) is 18.6. The van der Waals surface area contributed by atoms with Crippen LogP contribution in [0.5, 0.6) is 0 Å². The van der Waals surface area contributed by atoms with Crippen LogP contribution in [0.1, 0.15) is 95.1 Å². The van der Waals surface area contributed by atoms with Crippen molar-refractivity contribution in [3.63, 3.8) is 0 Å². The van der Waals surface area contributed by atoms with Crippen LogP contribution in [-0.4, -0.2) is 61.9 Å². The van der Waals surface area contributed by atoms with Crippen LogP contribution in [0, 0.1) is 29.1 Å². The number of likely N-dealkylation sites (N-methyl/N-ethyl adjacent to an activating group) is 1. The van der Waals surface area contributed by atoms with Crippen LogP contribution in [0.4, 0.5) is 10.5 Å². The topological polar surface area (TPSA) is 102 Å². The third kappa shape index (κ3) is 9.54. The van der Waals surface area contributed by atoms with Crippen molar-refractivity contribution in [2.45, 2.75) is 92.7 Å². The molecule has 1 aliphatic carbocycles. The molecule has 0 saturated heterocycles. The minimum atomic E-state index is -0.961. The van der Waals surface area contributed by atoms with Gasteiger partial charge in [0.1, 0.15) is 10.9 Å². The zero-order valence-corrected chi connectivity index (χ0v) is 26.1. The maximum absolute atomic E-state index is 14.1. The molecule has 10 heteroatoms. The van der Waals surface area contributed by atoms with Crippen LogP contribution in [0.3, 0.4) is 0 Å². The van der Waals surface area contributed by atoms with Gasteiger partial charge in [-0.25, -0.2) is 9.59 Å². The van der Waals surface area contributed by atoms with Crippen molar-refractivity contribution < 1.29 is 33.4 Å². The Morgan fingerprint density at radius 3 is 2.23 bits per heavy atom. The molecular weight excluding hydrogens is 532 g/mol. The third-order valence-electron chi connectivity index (χ3n) is 6.44. The second-order valence-corrected chi connectivity index (χ2v) is 12.8. The number of ether oxygens (including phenoxy) is 3. The molecule has 1 saturated carbocycles. The molecule has 2 rings (SSSR count). The molecular formula is C30H44N2O7S. The number of nitrogens with zero attached hydrogens (tertiary/aromatic N) is 2. The van der Waals surface area contributed by atoms with E-state index in [2.05, 4.69) is 18.8 Å².